The number of nitrogens with zero attached hydrogens (tertiary/aromatic N) is 3. The Morgan fingerprint density at radius 2 is 2.29 bits per heavy atom. The molecule has 2 aromatic rings. The SMILES string of the molecule is CNCc1c(N(C)C2CC2)nc2ccccn12. The van der Waals surface area contributed by atoms with Gasteiger partial charge in [0, 0.05) is 25.8 Å². The minimum absolute atomic E-state index is 0.690. The molecule has 1 aliphatic rings. The number of aromatic nitrogens is 2. The van der Waals surface area contributed by atoms with Gasteiger partial charge in [-0.1, -0.05) is 6.07 Å². The highest BCUT2D eigenvalue weighted by Crippen LogP contribution is 2.32. The van der Waals surface area contributed by atoms with Gasteiger partial charge < -0.3 is 14.6 Å². The molecule has 0 saturated heterocycles. The highest BCUT2D eigenvalue weighted by Gasteiger charge is 2.29. The van der Waals surface area contributed by atoms with E-state index in [0.717, 1.165) is 18.0 Å². The first-order valence-corrected chi connectivity index (χ1v) is 6.14. The van der Waals surface area contributed by atoms with Gasteiger partial charge in [-0.15, -0.1) is 0 Å². The summed E-state index contributed by atoms with van der Waals surface area (Å²) in [5, 5.41) is 3.23. The predicted molar refractivity (Wildman–Crippen MR) is 69.4 cm³/mol. The first-order valence-electron chi connectivity index (χ1n) is 6.14. The standard InChI is InChI=1S/C13H18N4/c1-14-9-11-13(16(2)10-6-7-10)15-12-5-3-4-8-17(11)12/h3-5,8,10,14H,6-7,9H2,1-2H3. The lowest BCUT2D eigenvalue weighted by molar-refractivity contribution is 0.770. The van der Waals surface area contributed by atoms with Crippen molar-refractivity contribution in [1.29, 1.82) is 0 Å². The number of imidazole rings is 1. The number of hydrogen-bond donors (Lipinski definition) is 1. The van der Waals surface area contributed by atoms with Crippen LogP contribution in [0.4, 0.5) is 5.82 Å². The van der Waals surface area contributed by atoms with Crippen LogP contribution in [0.3, 0.4) is 0 Å². The first-order chi connectivity index (χ1) is 8.31. The first kappa shape index (κ1) is 10.6. The summed E-state index contributed by atoms with van der Waals surface area (Å²) in [5.41, 5.74) is 2.28. The molecule has 90 valence electrons. The van der Waals surface area contributed by atoms with Crippen molar-refractivity contribution in [1.82, 2.24) is 14.7 Å². The van der Waals surface area contributed by atoms with E-state index in [9.17, 15) is 0 Å². The minimum atomic E-state index is 0.690. The molecule has 0 unspecified atom stereocenters. The summed E-state index contributed by atoms with van der Waals surface area (Å²) in [6.07, 6.45) is 4.67. The van der Waals surface area contributed by atoms with Crippen LogP contribution in [0, 0.1) is 0 Å². The van der Waals surface area contributed by atoms with Crippen LogP contribution >= 0.6 is 0 Å². The van der Waals surface area contributed by atoms with E-state index in [1.807, 2.05) is 13.1 Å². The van der Waals surface area contributed by atoms with Crippen LogP contribution in [-0.2, 0) is 6.54 Å². The molecule has 1 N–H and O–H groups in total. The lowest BCUT2D eigenvalue weighted by atomic mass is 10.3. The zero-order valence-electron chi connectivity index (χ0n) is 10.3. The van der Waals surface area contributed by atoms with Gasteiger partial charge >= 0.3 is 0 Å². The third-order valence-corrected chi connectivity index (χ3v) is 3.38. The maximum absolute atomic E-state index is 4.74. The van der Waals surface area contributed by atoms with Crippen molar-refractivity contribution in [2.24, 2.45) is 0 Å². The maximum atomic E-state index is 4.74. The van der Waals surface area contributed by atoms with E-state index in [1.54, 1.807) is 0 Å². The third kappa shape index (κ3) is 1.78. The van der Waals surface area contributed by atoms with Gasteiger partial charge in [0.1, 0.15) is 5.65 Å². The quantitative estimate of drug-likeness (QED) is 0.867. The molecule has 1 aliphatic carbocycles. The van der Waals surface area contributed by atoms with Crippen molar-refractivity contribution in [3.63, 3.8) is 0 Å². The van der Waals surface area contributed by atoms with E-state index in [4.69, 9.17) is 4.98 Å². The van der Waals surface area contributed by atoms with Crippen molar-refractivity contribution in [2.75, 3.05) is 19.0 Å². The Hall–Kier alpha value is -1.55. The summed E-state index contributed by atoms with van der Waals surface area (Å²) >= 11 is 0. The van der Waals surface area contributed by atoms with Crippen molar-refractivity contribution < 1.29 is 0 Å². The van der Waals surface area contributed by atoms with Crippen LogP contribution in [-0.4, -0.2) is 29.5 Å². The van der Waals surface area contributed by atoms with Crippen molar-refractivity contribution in [2.45, 2.75) is 25.4 Å². The largest absolute Gasteiger partial charge is 0.355 e. The Morgan fingerprint density at radius 3 is 3.00 bits per heavy atom. The van der Waals surface area contributed by atoms with Crippen LogP contribution in [0.1, 0.15) is 18.5 Å². The average Bonchev–Trinajstić information content (AvgIpc) is 3.13. The van der Waals surface area contributed by atoms with Crippen molar-refractivity contribution >= 4 is 11.5 Å². The molecule has 2 aromatic heterocycles. The topological polar surface area (TPSA) is 32.6 Å². The van der Waals surface area contributed by atoms with Gasteiger partial charge in [-0.05, 0) is 32.0 Å². The number of rotatable bonds is 4. The Morgan fingerprint density at radius 1 is 1.47 bits per heavy atom. The lowest BCUT2D eigenvalue weighted by Gasteiger charge is -2.17. The van der Waals surface area contributed by atoms with Gasteiger partial charge in [0.25, 0.3) is 0 Å². The smallest absolute Gasteiger partial charge is 0.152 e. The van der Waals surface area contributed by atoms with E-state index >= 15 is 0 Å². The van der Waals surface area contributed by atoms with E-state index in [-0.39, 0.29) is 0 Å². The monoisotopic (exact) mass is 230 g/mol. The summed E-state index contributed by atoms with van der Waals surface area (Å²) in [5.74, 6) is 1.12. The fraction of sp³-hybridized carbons (Fsp3) is 0.462. The van der Waals surface area contributed by atoms with Crippen LogP contribution < -0.4 is 10.2 Å². The third-order valence-electron chi connectivity index (χ3n) is 3.38. The molecular formula is C13H18N4. The summed E-state index contributed by atoms with van der Waals surface area (Å²) in [7, 11) is 4.13. The molecule has 0 radical (unpaired) electrons. The van der Waals surface area contributed by atoms with Crippen LogP contribution in [0.15, 0.2) is 24.4 Å². The highest BCUT2D eigenvalue weighted by molar-refractivity contribution is 5.56. The van der Waals surface area contributed by atoms with Crippen molar-refractivity contribution in [3.8, 4) is 0 Å². The maximum Gasteiger partial charge on any atom is 0.152 e. The molecule has 1 fully saturated rings. The fourth-order valence-electron chi connectivity index (χ4n) is 2.28. The minimum Gasteiger partial charge on any atom is -0.355 e. The molecule has 0 amide bonds. The molecule has 2 heterocycles. The molecule has 0 aromatic carbocycles. The van der Waals surface area contributed by atoms with E-state index in [0.29, 0.717) is 6.04 Å². The molecule has 0 aliphatic heterocycles. The van der Waals surface area contributed by atoms with Crippen LogP contribution in [0.5, 0.6) is 0 Å². The molecule has 0 atom stereocenters. The Bertz CT molecular complexity index is 527. The van der Waals surface area contributed by atoms with Gasteiger partial charge in [0.2, 0.25) is 0 Å². The normalized spacial score (nSPS) is 15.4. The van der Waals surface area contributed by atoms with Gasteiger partial charge in [-0.25, -0.2) is 4.98 Å². The van der Waals surface area contributed by atoms with Gasteiger partial charge in [-0.3, -0.25) is 0 Å². The Labute approximate surface area is 101 Å². The molecule has 3 rings (SSSR count). The zero-order chi connectivity index (χ0) is 11.8. The molecule has 4 heteroatoms. The summed E-state index contributed by atoms with van der Waals surface area (Å²) < 4.78 is 2.17. The highest BCUT2D eigenvalue weighted by atomic mass is 15.3. The summed E-state index contributed by atoms with van der Waals surface area (Å²) in [6.45, 7) is 0.845. The molecule has 0 spiro atoms. The summed E-state index contributed by atoms with van der Waals surface area (Å²) in [4.78, 5) is 7.06. The van der Waals surface area contributed by atoms with E-state index < -0.39 is 0 Å². The Balaban J connectivity index is 2.11. The Kier molecular flexibility index (Phi) is 2.52. The zero-order valence-corrected chi connectivity index (χ0v) is 10.3. The van der Waals surface area contributed by atoms with Gasteiger partial charge in [0.05, 0.1) is 5.69 Å². The second-order valence-electron chi connectivity index (χ2n) is 4.68. The molecule has 0 bridgehead atoms. The molecular weight excluding hydrogens is 212 g/mol. The van der Waals surface area contributed by atoms with Gasteiger partial charge in [0.15, 0.2) is 5.82 Å². The van der Waals surface area contributed by atoms with Crippen LogP contribution in [0.25, 0.3) is 5.65 Å². The van der Waals surface area contributed by atoms with Crippen LogP contribution in [0.2, 0.25) is 0 Å². The summed E-state index contributed by atoms with van der Waals surface area (Å²) in [6, 6.07) is 6.83. The van der Waals surface area contributed by atoms with Crippen molar-refractivity contribution in [3.05, 3.63) is 30.1 Å². The molecule has 4 nitrogen and oxygen atoms in total. The number of pyridine rings is 1. The number of nitrogens with one attached hydrogen (secondary N) is 1. The second kappa shape index (κ2) is 4.04. The molecule has 1 saturated carbocycles. The number of fused-ring (bicyclic) bond motifs is 1. The van der Waals surface area contributed by atoms with Gasteiger partial charge in [-0.2, -0.15) is 0 Å². The fourth-order valence-corrected chi connectivity index (χ4v) is 2.28. The van der Waals surface area contributed by atoms with E-state index in [1.165, 1.54) is 18.5 Å². The predicted octanol–water partition coefficient (Wildman–Crippen LogP) is 1.65. The second-order valence-corrected chi connectivity index (χ2v) is 4.68. The average molecular weight is 230 g/mol. The number of hydrogen-bond acceptors (Lipinski definition) is 3. The lowest BCUT2D eigenvalue weighted by Crippen LogP contribution is -2.22. The number of anilines is 1. The van der Waals surface area contributed by atoms with E-state index in [2.05, 4.69) is 40.0 Å². The molecule has 17 heavy (non-hydrogen) atoms.